The van der Waals surface area contributed by atoms with Gasteiger partial charge in [-0.05, 0) is 28.2 Å². The van der Waals surface area contributed by atoms with Crippen molar-refractivity contribution < 1.29 is 4.79 Å². The first-order valence-electron chi connectivity index (χ1n) is 9.12. The molecule has 0 saturated heterocycles. The molecule has 3 aromatic carbocycles. The number of amides is 1. The van der Waals surface area contributed by atoms with E-state index in [0.29, 0.717) is 12.3 Å². The van der Waals surface area contributed by atoms with Crippen molar-refractivity contribution in [1.82, 2.24) is 5.32 Å². The number of hydrogen-bond acceptors (Lipinski definition) is 1. The van der Waals surface area contributed by atoms with Crippen molar-refractivity contribution in [3.63, 3.8) is 0 Å². The lowest BCUT2D eigenvalue weighted by atomic mass is 9.95. The summed E-state index contributed by atoms with van der Waals surface area (Å²) in [6.07, 6.45) is 0.394. The van der Waals surface area contributed by atoms with Crippen molar-refractivity contribution in [1.29, 1.82) is 0 Å². The lowest BCUT2D eigenvalue weighted by Crippen LogP contribution is -2.32. The van der Waals surface area contributed by atoms with Gasteiger partial charge in [-0.15, -0.1) is 0 Å². The molecular weight excluding hydrogens is 318 g/mol. The van der Waals surface area contributed by atoms with Crippen LogP contribution in [0.15, 0.2) is 84.9 Å². The summed E-state index contributed by atoms with van der Waals surface area (Å²) < 4.78 is 0. The number of carbonyl (C=O) groups is 1. The summed E-state index contributed by atoms with van der Waals surface area (Å²) in [4.78, 5) is 12.5. The lowest BCUT2D eigenvalue weighted by Gasteiger charge is -2.23. The fourth-order valence-electron chi connectivity index (χ4n) is 3.15. The first kappa shape index (κ1) is 17.9. The van der Waals surface area contributed by atoms with Gasteiger partial charge < -0.3 is 5.32 Å². The first-order chi connectivity index (χ1) is 12.6. The van der Waals surface area contributed by atoms with Gasteiger partial charge in [-0.1, -0.05) is 98.8 Å². The normalized spacial score (nSPS) is 12.0. The van der Waals surface area contributed by atoms with Crippen molar-refractivity contribution in [2.24, 2.45) is 5.92 Å². The maximum absolute atomic E-state index is 12.5. The van der Waals surface area contributed by atoms with Crippen LogP contribution in [0.25, 0.3) is 11.1 Å². The van der Waals surface area contributed by atoms with E-state index < -0.39 is 0 Å². The van der Waals surface area contributed by atoms with E-state index in [1.54, 1.807) is 0 Å². The van der Waals surface area contributed by atoms with Gasteiger partial charge in [-0.2, -0.15) is 0 Å². The van der Waals surface area contributed by atoms with Gasteiger partial charge in [0.2, 0.25) is 5.91 Å². The minimum Gasteiger partial charge on any atom is -0.349 e. The predicted molar refractivity (Wildman–Crippen MR) is 108 cm³/mol. The maximum atomic E-state index is 12.5. The van der Waals surface area contributed by atoms with Crippen LogP contribution in [0.4, 0.5) is 0 Å². The van der Waals surface area contributed by atoms with Crippen LogP contribution in [-0.4, -0.2) is 5.91 Å². The Hall–Kier alpha value is -2.87. The standard InChI is InChI=1S/C24H25NO/c1-18(2)24(22-11-7-4-8-12-22)25-23(26)17-19-13-15-21(16-14-19)20-9-5-3-6-10-20/h3-16,18,24H,17H2,1-2H3,(H,25,26)/t24-/m0/s1. The molecule has 1 N–H and O–H groups in total. The van der Waals surface area contributed by atoms with Crippen molar-refractivity contribution in [2.75, 3.05) is 0 Å². The van der Waals surface area contributed by atoms with Gasteiger partial charge in [0.05, 0.1) is 12.5 Å². The Kier molecular flexibility index (Phi) is 5.85. The van der Waals surface area contributed by atoms with E-state index in [2.05, 4.69) is 55.6 Å². The smallest absolute Gasteiger partial charge is 0.224 e. The van der Waals surface area contributed by atoms with Crippen molar-refractivity contribution in [2.45, 2.75) is 26.3 Å². The van der Waals surface area contributed by atoms with Crippen molar-refractivity contribution in [3.8, 4) is 11.1 Å². The Morgan fingerprint density at radius 3 is 1.88 bits per heavy atom. The number of hydrogen-bond donors (Lipinski definition) is 1. The SMILES string of the molecule is CC(C)[C@H](NC(=O)Cc1ccc(-c2ccccc2)cc1)c1ccccc1. The molecule has 0 saturated carbocycles. The Labute approximate surface area is 155 Å². The molecule has 2 heteroatoms. The van der Waals surface area contributed by atoms with Gasteiger partial charge in [-0.3, -0.25) is 4.79 Å². The fraction of sp³-hybridized carbons (Fsp3) is 0.208. The quantitative estimate of drug-likeness (QED) is 0.637. The number of nitrogens with one attached hydrogen (secondary N) is 1. The fourth-order valence-corrected chi connectivity index (χ4v) is 3.15. The monoisotopic (exact) mass is 343 g/mol. The Morgan fingerprint density at radius 2 is 1.31 bits per heavy atom. The largest absolute Gasteiger partial charge is 0.349 e. The maximum Gasteiger partial charge on any atom is 0.224 e. The zero-order chi connectivity index (χ0) is 18.4. The molecule has 1 amide bonds. The van der Waals surface area contributed by atoms with Gasteiger partial charge in [0, 0.05) is 0 Å². The zero-order valence-corrected chi connectivity index (χ0v) is 15.4. The zero-order valence-electron chi connectivity index (χ0n) is 15.4. The summed E-state index contributed by atoms with van der Waals surface area (Å²) in [5.41, 5.74) is 4.53. The van der Waals surface area contributed by atoms with Crippen molar-refractivity contribution >= 4 is 5.91 Å². The molecule has 0 fully saturated rings. The van der Waals surface area contributed by atoms with Crippen LogP contribution in [0.3, 0.4) is 0 Å². The molecule has 0 aliphatic rings. The highest BCUT2D eigenvalue weighted by Gasteiger charge is 2.18. The van der Waals surface area contributed by atoms with E-state index in [1.807, 2.05) is 48.5 Å². The van der Waals surface area contributed by atoms with Gasteiger partial charge in [0.25, 0.3) is 0 Å². The third kappa shape index (κ3) is 4.60. The summed E-state index contributed by atoms with van der Waals surface area (Å²) in [6, 6.07) is 28.7. The van der Waals surface area contributed by atoms with Crippen molar-refractivity contribution in [3.05, 3.63) is 96.1 Å². The minimum atomic E-state index is 0.0345. The topological polar surface area (TPSA) is 29.1 Å². The molecule has 3 aromatic rings. The van der Waals surface area contributed by atoms with Crippen LogP contribution < -0.4 is 5.32 Å². The molecule has 0 aliphatic carbocycles. The van der Waals surface area contributed by atoms with Crippen LogP contribution in [0.5, 0.6) is 0 Å². The van der Waals surface area contributed by atoms with Gasteiger partial charge in [-0.25, -0.2) is 0 Å². The molecule has 0 bridgehead atoms. The summed E-state index contributed by atoms with van der Waals surface area (Å²) >= 11 is 0. The van der Waals surface area contributed by atoms with E-state index in [-0.39, 0.29) is 11.9 Å². The lowest BCUT2D eigenvalue weighted by molar-refractivity contribution is -0.121. The molecule has 26 heavy (non-hydrogen) atoms. The highest BCUT2D eigenvalue weighted by atomic mass is 16.1. The van der Waals surface area contributed by atoms with Crippen LogP contribution in [0.1, 0.15) is 31.0 Å². The summed E-state index contributed by atoms with van der Waals surface area (Å²) in [7, 11) is 0. The Morgan fingerprint density at radius 1 is 0.769 bits per heavy atom. The first-order valence-corrected chi connectivity index (χ1v) is 9.12. The molecule has 0 aromatic heterocycles. The molecule has 2 nitrogen and oxygen atoms in total. The molecule has 3 rings (SSSR count). The number of carbonyl (C=O) groups excluding carboxylic acids is 1. The second kappa shape index (κ2) is 8.48. The molecule has 0 aliphatic heterocycles. The van der Waals surface area contributed by atoms with E-state index >= 15 is 0 Å². The molecule has 0 radical (unpaired) electrons. The number of rotatable bonds is 6. The van der Waals surface area contributed by atoms with Gasteiger partial charge >= 0.3 is 0 Å². The summed E-state index contributed by atoms with van der Waals surface area (Å²) in [5, 5.41) is 3.19. The molecule has 0 spiro atoms. The second-order valence-electron chi connectivity index (χ2n) is 6.94. The minimum absolute atomic E-state index is 0.0345. The third-order valence-electron chi connectivity index (χ3n) is 4.57. The van der Waals surface area contributed by atoms with Crippen LogP contribution >= 0.6 is 0 Å². The Bertz CT molecular complexity index is 823. The summed E-state index contributed by atoms with van der Waals surface area (Å²) in [5.74, 6) is 0.391. The van der Waals surface area contributed by atoms with Crippen LogP contribution in [0.2, 0.25) is 0 Å². The van der Waals surface area contributed by atoms with Gasteiger partial charge in [0.15, 0.2) is 0 Å². The number of benzene rings is 3. The van der Waals surface area contributed by atoms with E-state index in [1.165, 1.54) is 11.1 Å². The van der Waals surface area contributed by atoms with Gasteiger partial charge in [0.1, 0.15) is 0 Å². The highest BCUT2D eigenvalue weighted by Crippen LogP contribution is 2.22. The molecule has 0 unspecified atom stereocenters. The predicted octanol–water partition coefficient (Wildman–Crippen LogP) is 5.41. The highest BCUT2D eigenvalue weighted by molar-refractivity contribution is 5.79. The molecular formula is C24H25NO. The molecule has 1 atom stereocenters. The van der Waals surface area contributed by atoms with Crippen LogP contribution in [-0.2, 0) is 11.2 Å². The van der Waals surface area contributed by atoms with E-state index in [0.717, 1.165) is 11.1 Å². The van der Waals surface area contributed by atoms with E-state index in [9.17, 15) is 4.79 Å². The van der Waals surface area contributed by atoms with Crippen LogP contribution in [0, 0.1) is 5.92 Å². The average molecular weight is 343 g/mol. The summed E-state index contributed by atoms with van der Waals surface area (Å²) in [6.45, 7) is 4.26. The Balaban J connectivity index is 1.66. The third-order valence-corrected chi connectivity index (χ3v) is 4.57. The van der Waals surface area contributed by atoms with E-state index in [4.69, 9.17) is 0 Å². The second-order valence-corrected chi connectivity index (χ2v) is 6.94. The molecule has 132 valence electrons. The average Bonchev–Trinajstić information content (AvgIpc) is 2.68. The molecule has 0 heterocycles.